The van der Waals surface area contributed by atoms with Crippen molar-refractivity contribution in [2.24, 2.45) is 0 Å². The lowest BCUT2D eigenvalue weighted by molar-refractivity contribution is -0.116. The van der Waals surface area contributed by atoms with Gasteiger partial charge in [0.15, 0.2) is 0 Å². The van der Waals surface area contributed by atoms with Crippen molar-refractivity contribution in [2.75, 3.05) is 18.4 Å². The third kappa shape index (κ3) is 4.99. The number of carbonyl (C=O) groups excluding carboxylic acids is 1. The Bertz CT molecular complexity index is 1210. The number of hydrogen-bond acceptors (Lipinski definition) is 5. The summed E-state index contributed by atoms with van der Waals surface area (Å²) in [4.78, 5) is 12.6. The van der Waals surface area contributed by atoms with E-state index in [0.717, 1.165) is 41.6 Å². The maximum atomic E-state index is 12.9. The van der Waals surface area contributed by atoms with E-state index in [9.17, 15) is 13.2 Å². The summed E-state index contributed by atoms with van der Waals surface area (Å²) in [6.07, 6.45) is 3.82. The van der Waals surface area contributed by atoms with Crippen LogP contribution in [0.15, 0.2) is 41.3 Å². The second kappa shape index (κ2) is 9.38. The molecule has 0 unspecified atom stereocenters. The Hall–Kier alpha value is -2.78. The number of nitrogens with one attached hydrogen (secondary N) is 1. The number of rotatable bonds is 7. The number of amides is 1. The van der Waals surface area contributed by atoms with Gasteiger partial charge in [-0.3, -0.25) is 4.79 Å². The van der Waals surface area contributed by atoms with Crippen molar-refractivity contribution in [3.63, 3.8) is 0 Å². The van der Waals surface area contributed by atoms with Crippen molar-refractivity contribution < 1.29 is 13.2 Å². The first-order chi connectivity index (χ1) is 15.3. The lowest BCUT2D eigenvalue weighted by atomic mass is 10.1. The molecule has 0 spiro atoms. The zero-order valence-corrected chi connectivity index (χ0v) is 19.4. The normalized spacial score (nSPS) is 15.2. The van der Waals surface area contributed by atoms with Crippen LogP contribution in [-0.2, 0) is 21.4 Å². The zero-order valence-electron chi connectivity index (χ0n) is 18.5. The molecule has 3 aromatic rings. The number of aromatic nitrogens is 3. The Kier molecular flexibility index (Phi) is 6.57. The minimum atomic E-state index is -3.51. The number of sulfonamides is 1. The number of benzene rings is 2. The van der Waals surface area contributed by atoms with Gasteiger partial charge in [-0.2, -0.15) is 4.31 Å². The Labute approximate surface area is 188 Å². The lowest BCUT2D eigenvalue weighted by Gasteiger charge is -2.25. The molecule has 4 rings (SSSR count). The molecule has 1 N–H and O–H groups in total. The number of nitrogens with zero attached hydrogens (tertiary/aromatic N) is 4. The second-order valence-electron chi connectivity index (χ2n) is 8.46. The summed E-state index contributed by atoms with van der Waals surface area (Å²) in [5, 5.41) is 11.3. The Balaban J connectivity index is 1.38. The van der Waals surface area contributed by atoms with Crippen LogP contribution >= 0.6 is 0 Å². The van der Waals surface area contributed by atoms with Gasteiger partial charge in [0.2, 0.25) is 15.9 Å². The van der Waals surface area contributed by atoms with E-state index >= 15 is 0 Å². The maximum absolute atomic E-state index is 12.9. The summed E-state index contributed by atoms with van der Waals surface area (Å²) in [7, 11) is -3.51. The number of anilines is 1. The molecule has 0 bridgehead atoms. The third-order valence-electron chi connectivity index (χ3n) is 5.72. The summed E-state index contributed by atoms with van der Waals surface area (Å²) in [5.74, 6) is -0.0469. The molecule has 170 valence electrons. The average molecular weight is 456 g/mol. The fourth-order valence-electron chi connectivity index (χ4n) is 4.19. The van der Waals surface area contributed by atoms with E-state index in [1.165, 1.54) is 0 Å². The fraction of sp³-hybridized carbons (Fsp3) is 0.435. The van der Waals surface area contributed by atoms with Crippen molar-refractivity contribution in [3.05, 3.63) is 47.5 Å². The van der Waals surface area contributed by atoms with Gasteiger partial charge in [0.1, 0.15) is 5.52 Å². The van der Waals surface area contributed by atoms with E-state index < -0.39 is 10.0 Å². The van der Waals surface area contributed by atoms with Gasteiger partial charge in [0, 0.05) is 31.7 Å². The van der Waals surface area contributed by atoms with Crippen molar-refractivity contribution in [1.29, 1.82) is 0 Å². The van der Waals surface area contributed by atoms with E-state index in [1.54, 1.807) is 27.2 Å². The van der Waals surface area contributed by atoms with Crippen LogP contribution in [0.3, 0.4) is 0 Å². The van der Waals surface area contributed by atoms with Gasteiger partial charge in [-0.1, -0.05) is 17.7 Å². The molecule has 9 heteroatoms. The van der Waals surface area contributed by atoms with Crippen LogP contribution in [0.25, 0.3) is 11.0 Å². The van der Waals surface area contributed by atoms with Crippen LogP contribution < -0.4 is 5.32 Å². The summed E-state index contributed by atoms with van der Waals surface area (Å²) in [5.41, 5.74) is 4.33. The first-order valence-corrected chi connectivity index (χ1v) is 12.5. The molecule has 1 aliphatic rings. The molecule has 2 heterocycles. The van der Waals surface area contributed by atoms with Gasteiger partial charge in [0.05, 0.1) is 10.4 Å². The molecule has 1 aliphatic heterocycles. The molecule has 0 aliphatic carbocycles. The first-order valence-electron chi connectivity index (χ1n) is 11.0. The summed E-state index contributed by atoms with van der Waals surface area (Å²) in [6, 6.07) is 10.9. The van der Waals surface area contributed by atoms with Crippen molar-refractivity contribution >= 4 is 32.7 Å². The summed E-state index contributed by atoms with van der Waals surface area (Å²) < 4.78 is 29.1. The number of aryl methyl sites for hydroxylation is 3. The minimum absolute atomic E-state index is 0.0469. The fourth-order valence-corrected chi connectivity index (χ4v) is 5.73. The van der Waals surface area contributed by atoms with E-state index in [1.807, 2.05) is 26.0 Å². The highest BCUT2D eigenvalue weighted by atomic mass is 32.2. The lowest BCUT2D eigenvalue weighted by Crippen LogP contribution is -2.35. The van der Waals surface area contributed by atoms with Gasteiger partial charge >= 0.3 is 0 Å². The highest BCUT2D eigenvalue weighted by Gasteiger charge is 2.26. The van der Waals surface area contributed by atoms with E-state index in [2.05, 4.69) is 21.7 Å². The topological polar surface area (TPSA) is 97.2 Å². The molecule has 8 nitrogen and oxygen atoms in total. The van der Waals surface area contributed by atoms with Crippen molar-refractivity contribution in [1.82, 2.24) is 19.3 Å². The molecule has 1 fully saturated rings. The van der Waals surface area contributed by atoms with Crippen LogP contribution in [0.2, 0.25) is 0 Å². The van der Waals surface area contributed by atoms with Gasteiger partial charge in [-0.25, -0.2) is 13.1 Å². The predicted octanol–water partition coefficient (Wildman–Crippen LogP) is 3.64. The summed E-state index contributed by atoms with van der Waals surface area (Å²) >= 11 is 0. The molecule has 1 saturated heterocycles. The Morgan fingerprint density at radius 3 is 2.47 bits per heavy atom. The highest BCUT2D eigenvalue weighted by molar-refractivity contribution is 7.89. The molecular formula is C23H29N5O3S. The standard InChI is InChI=1S/C23H29N5O3S/c1-17-13-18(2)15-19(14-17)24-23(29)7-6-12-28-22-9-8-20(16-21(22)25-26-28)32(30,31)27-10-4-3-5-11-27/h8-9,13-16H,3-7,10-12H2,1-2H3,(H,24,29). The van der Waals surface area contributed by atoms with Gasteiger partial charge in [0.25, 0.3) is 0 Å². The van der Waals surface area contributed by atoms with E-state index in [-0.39, 0.29) is 10.8 Å². The smallest absolute Gasteiger partial charge is 0.243 e. The molecule has 0 saturated carbocycles. The quantitative estimate of drug-likeness (QED) is 0.587. The number of carbonyl (C=O) groups is 1. The third-order valence-corrected chi connectivity index (χ3v) is 7.61. The number of piperidine rings is 1. The molecule has 32 heavy (non-hydrogen) atoms. The van der Waals surface area contributed by atoms with Crippen LogP contribution in [0.4, 0.5) is 5.69 Å². The molecule has 1 aromatic heterocycles. The molecule has 1 amide bonds. The highest BCUT2D eigenvalue weighted by Crippen LogP contribution is 2.23. The van der Waals surface area contributed by atoms with Gasteiger partial charge < -0.3 is 5.32 Å². The molecule has 0 radical (unpaired) electrons. The molecule has 0 atom stereocenters. The van der Waals surface area contributed by atoms with Crippen LogP contribution in [0, 0.1) is 13.8 Å². The molecular weight excluding hydrogens is 426 g/mol. The first kappa shape index (κ1) is 22.4. The zero-order chi connectivity index (χ0) is 22.7. The largest absolute Gasteiger partial charge is 0.326 e. The molecule has 2 aromatic carbocycles. The SMILES string of the molecule is Cc1cc(C)cc(NC(=O)CCCn2nnc3cc(S(=O)(=O)N4CCCCC4)ccc32)c1. The summed E-state index contributed by atoms with van der Waals surface area (Å²) in [6.45, 7) is 5.66. The van der Waals surface area contributed by atoms with Gasteiger partial charge in [-0.15, -0.1) is 5.10 Å². The van der Waals surface area contributed by atoms with E-state index in [0.29, 0.717) is 38.0 Å². The Morgan fingerprint density at radius 1 is 1.03 bits per heavy atom. The second-order valence-corrected chi connectivity index (χ2v) is 10.4. The predicted molar refractivity (Wildman–Crippen MR) is 124 cm³/mol. The number of fused-ring (bicyclic) bond motifs is 1. The number of hydrogen-bond donors (Lipinski definition) is 1. The maximum Gasteiger partial charge on any atom is 0.243 e. The van der Waals surface area contributed by atoms with Crippen molar-refractivity contribution in [2.45, 2.75) is 57.4 Å². The van der Waals surface area contributed by atoms with Crippen LogP contribution in [0.5, 0.6) is 0 Å². The van der Waals surface area contributed by atoms with E-state index in [4.69, 9.17) is 0 Å². The van der Waals surface area contributed by atoms with Crippen molar-refractivity contribution in [3.8, 4) is 0 Å². The minimum Gasteiger partial charge on any atom is -0.326 e. The van der Waals surface area contributed by atoms with Crippen LogP contribution in [-0.4, -0.2) is 46.7 Å². The Morgan fingerprint density at radius 2 is 1.75 bits per heavy atom. The van der Waals surface area contributed by atoms with Gasteiger partial charge in [-0.05, 0) is 74.6 Å². The monoisotopic (exact) mass is 455 g/mol. The average Bonchev–Trinajstić information content (AvgIpc) is 3.16. The van der Waals surface area contributed by atoms with Crippen LogP contribution in [0.1, 0.15) is 43.2 Å².